The largest absolute Gasteiger partial charge is 0.493 e. The van der Waals surface area contributed by atoms with Crippen LogP contribution in [0.15, 0.2) is 48.5 Å². The maximum absolute atomic E-state index is 13.2. The Kier molecular flexibility index (Phi) is 6.43. The van der Waals surface area contributed by atoms with E-state index in [0.29, 0.717) is 6.07 Å². The second kappa shape index (κ2) is 9.23. The summed E-state index contributed by atoms with van der Waals surface area (Å²) in [4.78, 5) is 24.2. The third kappa shape index (κ3) is 5.34. The van der Waals surface area contributed by atoms with Crippen LogP contribution < -0.4 is 20.5 Å². The number of hydrogen-bond donors (Lipinski definition) is 2. The van der Waals surface area contributed by atoms with Gasteiger partial charge in [-0.25, -0.2) is 0 Å². The molecule has 1 heterocycles. The van der Waals surface area contributed by atoms with Gasteiger partial charge in [-0.2, -0.15) is 18.4 Å². The molecule has 0 atom stereocenters. The quantitative estimate of drug-likeness (QED) is 0.577. The van der Waals surface area contributed by atoms with Crippen molar-refractivity contribution < 1.29 is 32.2 Å². The minimum Gasteiger partial charge on any atom is -0.493 e. The second-order valence-corrected chi connectivity index (χ2v) is 6.42. The number of nitrogens with zero attached hydrogens (tertiary/aromatic N) is 3. The zero-order valence-corrected chi connectivity index (χ0v) is 16.8. The van der Waals surface area contributed by atoms with Crippen molar-refractivity contribution in [3.63, 3.8) is 0 Å². The number of nitrogens with two attached hydrogens (primary N) is 1. The van der Waals surface area contributed by atoms with Crippen molar-refractivity contribution in [3.05, 3.63) is 70.9 Å². The molecule has 168 valence electrons. The molecule has 0 aliphatic carbocycles. The molecule has 33 heavy (non-hydrogen) atoms. The lowest BCUT2D eigenvalue weighted by Gasteiger charge is -2.14. The van der Waals surface area contributed by atoms with Gasteiger partial charge < -0.3 is 20.5 Å². The number of carbonyl (C=O) groups excluding carboxylic acids is 2. The molecular weight excluding hydrogens is 443 g/mol. The van der Waals surface area contributed by atoms with E-state index in [4.69, 9.17) is 20.5 Å². The fraction of sp³-hybridized carbons (Fsp3) is 0.0952. The highest BCUT2D eigenvalue weighted by Gasteiger charge is 2.35. The van der Waals surface area contributed by atoms with E-state index in [-0.39, 0.29) is 28.3 Å². The summed E-state index contributed by atoms with van der Waals surface area (Å²) in [5, 5.41) is 17.9. The van der Waals surface area contributed by atoms with E-state index < -0.39 is 35.1 Å². The van der Waals surface area contributed by atoms with Gasteiger partial charge in [-0.05, 0) is 36.4 Å². The van der Waals surface area contributed by atoms with Crippen LogP contribution in [0.1, 0.15) is 32.0 Å². The minimum atomic E-state index is -4.88. The standard InChI is InChI=1S/C21H14F3N5O4/c1-32-16-7-11(10-25)5-6-15(16)33-20-14(9-17(28-29-20)21(22,23)24)19(31)27-13-4-2-3-12(8-13)18(26)30/h2-9H,1H3,(H2,26,30)(H,27,31). The lowest BCUT2D eigenvalue weighted by atomic mass is 10.1. The van der Waals surface area contributed by atoms with E-state index in [2.05, 4.69) is 15.5 Å². The monoisotopic (exact) mass is 457 g/mol. The summed E-state index contributed by atoms with van der Waals surface area (Å²) < 4.78 is 50.2. The van der Waals surface area contributed by atoms with Gasteiger partial charge in [-0.1, -0.05) is 6.07 Å². The normalized spacial score (nSPS) is 10.8. The average Bonchev–Trinajstić information content (AvgIpc) is 2.78. The summed E-state index contributed by atoms with van der Waals surface area (Å²) in [5.74, 6) is -2.26. The Labute approximate surface area is 184 Å². The van der Waals surface area contributed by atoms with Crippen LogP contribution in [-0.2, 0) is 6.18 Å². The molecule has 0 spiro atoms. The number of halogens is 3. The van der Waals surface area contributed by atoms with Gasteiger partial charge in [0, 0.05) is 17.3 Å². The lowest BCUT2D eigenvalue weighted by molar-refractivity contribution is -0.141. The van der Waals surface area contributed by atoms with E-state index in [1.165, 1.54) is 49.6 Å². The molecule has 0 unspecified atom stereocenters. The topological polar surface area (TPSA) is 140 Å². The van der Waals surface area contributed by atoms with Crippen LogP contribution in [0.4, 0.5) is 18.9 Å². The van der Waals surface area contributed by atoms with Crippen LogP contribution in [0.25, 0.3) is 0 Å². The molecule has 0 fully saturated rings. The fourth-order valence-electron chi connectivity index (χ4n) is 2.63. The number of rotatable bonds is 6. The molecule has 3 rings (SSSR count). The zero-order valence-electron chi connectivity index (χ0n) is 16.8. The SMILES string of the molecule is COc1cc(C#N)ccc1Oc1nnc(C(F)(F)F)cc1C(=O)Nc1cccc(C(N)=O)c1. The number of nitriles is 1. The summed E-state index contributed by atoms with van der Waals surface area (Å²) in [6.45, 7) is 0. The molecule has 0 aliphatic heterocycles. The number of methoxy groups -OCH3 is 1. The zero-order chi connectivity index (χ0) is 24.2. The van der Waals surface area contributed by atoms with Crippen molar-refractivity contribution >= 4 is 17.5 Å². The predicted octanol–water partition coefficient (Wildman–Crippen LogP) is 3.52. The average molecular weight is 457 g/mol. The van der Waals surface area contributed by atoms with Crippen molar-refractivity contribution in [3.8, 4) is 23.4 Å². The van der Waals surface area contributed by atoms with Crippen LogP contribution in [0.5, 0.6) is 17.4 Å². The number of ether oxygens (including phenoxy) is 2. The number of amides is 2. The van der Waals surface area contributed by atoms with Gasteiger partial charge >= 0.3 is 6.18 Å². The molecule has 1 aromatic heterocycles. The Balaban J connectivity index is 2.02. The van der Waals surface area contributed by atoms with Crippen LogP contribution in [-0.4, -0.2) is 29.1 Å². The van der Waals surface area contributed by atoms with Gasteiger partial charge in [0.2, 0.25) is 5.91 Å². The molecule has 0 radical (unpaired) electrons. The van der Waals surface area contributed by atoms with Crippen LogP contribution in [0.3, 0.4) is 0 Å². The molecule has 12 heteroatoms. The molecule has 0 aliphatic rings. The smallest absolute Gasteiger partial charge is 0.435 e. The third-order valence-corrected chi connectivity index (χ3v) is 4.20. The first-order valence-corrected chi connectivity index (χ1v) is 9.04. The van der Waals surface area contributed by atoms with E-state index in [9.17, 15) is 22.8 Å². The maximum atomic E-state index is 13.2. The second-order valence-electron chi connectivity index (χ2n) is 6.42. The summed E-state index contributed by atoms with van der Waals surface area (Å²) in [5.41, 5.74) is 3.62. The van der Waals surface area contributed by atoms with Gasteiger partial charge in [-0.3, -0.25) is 9.59 Å². The van der Waals surface area contributed by atoms with E-state index >= 15 is 0 Å². The number of nitrogens with one attached hydrogen (secondary N) is 1. The maximum Gasteiger partial charge on any atom is 0.435 e. The summed E-state index contributed by atoms with van der Waals surface area (Å²) in [6.07, 6.45) is -4.88. The number of anilines is 1. The molecule has 3 aromatic rings. The van der Waals surface area contributed by atoms with Gasteiger partial charge in [0.15, 0.2) is 17.2 Å². The lowest BCUT2D eigenvalue weighted by Crippen LogP contribution is -2.18. The number of aromatic nitrogens is 2. The third-order valence-electron chi connectivity index (χ3n) is 4.20. The van der Waals surface area contributed by atoms with Gasteiger partial charge in [-0.15, -0.1) is 10.2 Å². The number of benzene rings is 2. The Hall–Kier alpha value is -4.66. The van der Waals surface area contributed by atoms with Crippen LogP contribution >= 0.6 is 0 Å². The summed E-state index contributed by atoms with van der Waals surface area (Å²) in [6, 6.07) is 11.9. The first-order chi connectivity index (χ1) is 15.6. The van der Waals surface area contributed by atoms with Crippen molar-refractivity contribution in [2.24, 2.45) is 5.73 Å². The predicted molar refractivity (Wildman–Crippen MR) is 108 cm³/mol. The molecule has 0 saturated heterocycles. The minimum absolute atomic E-state index is 0.0182. The molecule has 0 bridgehead atoms. The molecule has 2 aromatic carbocycles. The Morgan fingerprint density at radius 1 is 1.09 bits per heavy atom. The molecule has 3 N–H and O–H groups in total. The van der Waals surface area contributed by atoms with Crippen molar-refractivity contribution in [1.29, 1.82) is 5.26 Å². The van der Waals surface area contributed by atoms with Gasteiger partial charge in [0.25, 0.3) is 11.8 Å². The number of hydrogen-bond acceptors (Lipinski definition) is 7. The van der Waals surface area contributed by atoms with Gasteiger partial charge in [0.1, 0.15) is 5.56 Å². The fourth-order valence-corrected chi connectivity index (χ4v) is 2.63. The number of primary amides is 1. The Bertz CT molecular complexity index is 1270. The number of carbonyl (C=O) groups is 2. The summed E-state index contributed by atoms with van der Waals surface area (Å²) in [7, 11) is 1.29. The number of alkyl halides is 3. The van der Waals surface area contributed by atoms with Crippen LogP contribution in [0.2, 0.25) is 0 Å². The highest BCUT2D eigenvalue weighted by atomic mass is 19.4. The molecule has 2 amide bonds. The first-order valence-electron chi connectivity index (χ1n) is 9.04. The van der Waals surface area contributed by atoms with E-state index in [1.54, 1.807) is 0 Å². The van der Waals surface area contributed by atoms with E-state index in [0.717, 1.165) is 0 Å². The molecular formula is C21H14F3N5O4. The molecule has 0 saturated carbocycles. The first kappa shape index (κ1) is 23.0. The Morgan fingerprint density at radius 3 is 2.48 bits per heavy atom. The van der Waals surface area contributed by atoms with Crippen molar-refractivity contribution in [1.82, 2.24) is 10.2 Å². The van der Waals surface area contributed by atoms with Crippen molar-refractivity contribution in [2.45, 2.75) is 6.18 Å². The highest BCUT2D eigenvalue weighted by molar-refractivity contribution is 6.06. The van der Waals surface area contributed by atoms with Gasteiger partial charge in [0.05, 0.1) is 18.7 Å². The van der Waals surface area contributed by atoms with Crippen LogP contribution in [0, 0.1) is 11.3 Å². The molecule has 9 nitrogen and oxygen atoms in total. The summed E-state index contributed by atoms with van der Waals surface area (Å²) >= 11 is 0. The van der Waals surface area contributed by atoms with Crippen molar-refractivity contribution in [2.75, 3.05) is 12.4 Å². The highest BCUT2D eigenvalue weighted by Crippen LogP contribution is 2.35. The van der Waals surface area contributed by atoms with E-state index in [1.807, 2.05) is 6.07 Å². The Morgan fingerprint density at radius 2 is 1.85 bits per heavy atom.